The largest absolute Gasteiger partial charge is 0.378 e. The molecule has 1 aliphatic rings. The van der Waals surface area contributed by atoms with Crippen LogP contribution in [0.25, 0.3) is 0 Å². The number of hydrogen-bond donors (Lipinski definition) is 2. The molecule has 1 aromatic carbocycles. The topological polar surface area (TPSA) is 64.3 Å². The van der Waals surface area contributed by atoms with Gasteiger partial charge in [-0.15, -0.1) is 12.4 Å². The Labute approximate surface area is 147 Å². The highest BCUT2D eigenvalue weighted by Gasteiger charge is 2.62. The maximum absolute atomic E-state index is 12.5. The number of ether oxygens (including phenoxy) is 1. The lowest BCUT2D eigenvalue weighted by Crippen LogP contribution is -2.74. The summed E-state index contributed by atoms with van der Waals surface area (Å²) in [7, 11) is 0. The summed E-state index contributed by atoms with van der Waals surface area (Å²) in [5, 5.41) is 3.64. The van der Waals surface area contributed by atoms with Crippen LogP contribution in [0.4, 0.5) is 5.69 Å². The Morgan fingerprint density at radius 2 is 2.05 bits per heavy atom. The number of amides is 1. The van der Waals surface area contributed by atoms with Crippen LogP contribution in [-0.2, 0) is 9.53 Å². The van der Waals surface area contributed by atoms with Crippen LogP contribution in [-0.4, -0.2) is 24.2 Å². The molecule has 3 N–H and O–H groups in total. The van der Waals surface area contributed by atoms with Crippen LogP contribution in [0.3, 0.4) is 0 Å². The van der Waals surface area contributed by atoms with Crippen molar-refractivity contribution in [3.05, 3.63) is 28.2 Å². The molecule has 1 fully saturated rings. The lowest BCUT2D eigenvalue weighted by atomic mass is 9.54. The summed E-state index contributed by atoms with van der Waals surface area (Å²) in [5.41, 5.74) is 5.50. The number of carbonyl (C=O) groups excluding carboxylic acids is 1. The van der Waals surface area contributed by atoms with Crippen molar-refractivity contribution in [3.8, 4) is 0 Å². The van der Waals surface area contributed by atoms with E-state index in [4.69, 9.17) is 33.7 Å². The summed E-state index contributed by atoms with van der Waals surface area (Å²) in [4.78, 5) is 12.5. The zero-order chi connectivity index (χ0) is 15.8. The maximum atomic E-state index is 12.5. The van der Waals surface area contributed by atoms with E-state index in [1.165, 1.54) is 0 Å². The highest BCUT2D eigenvalue weighted by Crippen LogP contribution is 2.50. The number of rotatable bonds is 4. The van der Waals surface area contributed by atoms with Crippen LogP contribution >= 0.6 is 35.6 Å². The van der Waals surface area contributed by atoms with E-state index < -0.39 is 11.0 Å². The van der Waals surface area contributed by atoms with Crippen molar-refractivity contribution in [3.63, 3.8) is 0 Å². The molecule has 1 aliphatic carbocycles. The third kappa shape index (κ3) is 3.22. The minimum absolute atomic E-state index is 0. The molecule has 0 aromatic heterocycles. The molecule has 0 saturated heterocycles. The fourth-order valence-corrected chi connectivity index (χ4v) is 2.94. The fourth-order valence-electron chi connectivity index (χ4n) is 2.64. The average molecular weight is 368 g/mol. The van der Waals surface area contributed by atoms with E-state index in [-0.39, 0.29) is 24.4 Å². The molecule has 2 rings (SSSR count). The van der Waals surface area contributed by atoms with Crippen LogP contribution in [0.2, 0.25) is 10.0 Å². The lowest BCUT2D eigenvalue weighted by Gasteiger charge is -2.57. The zero-order valence-electron chi connectivity index (χ0n) is 12.8. The summed E-state index contributed by atoms with van der Waals surface area (Å²) in [5.74, 6) is -0.234. The summed E-state index contributed by atoms with van der Waals surface area (Å²) in [6.45, 7) is 6.44. The van der Waals surface area contributed by atoms with Crippen molar-refractivity contribution in [1.82, 2.24) is 0 Å². The maximum Gasteiger partial charge on any atom is 0.245 e. The van der Waals surface area contributed by atoms with E-state index in [0.29, 0.717) is 28.8 Å². The SMILES string of the molecule is CCOC1CC(N)(C(=O)Nc2ccc(Cl)c(Cl)c2)C1(C)C.Cl. The number of benzene rings is 1. The van der Waals surface area contributed by atoms with Gasteiger partial charge in [-0.05, 0) is 25.1 Å². The summed E-state index contributed by atoms with van der Waals surface area (Å²) in [6, 6.07) is 4.94. The molecular weight excluding hydrogens is 347 g/mol. The van der Waals surface area contributed by atoms with Crippen molar-refractivity contribution in [2.45, 2.75) is 38.8 Å². The molecular formula is C15H21Cl3N2O2. The first-order chi connectivity index (χ1) is 9.72. The van der Waals surface area contributed by atoms with Gasteiger partial charge in [-0.1, -0.05) is 37.0 Å². The molecule has 7 heteroatoms. The first-order valence-electron chi connectivity index (χ1n) is 6.89. The first kappa shape index (κ1) is 19.5. The second-order valence-electron chi connectivity index (χ2n) is 5.92. The molecule has 0 aliphatic heterocycles. The van der Waals surface area contributed by atoms with E-state index in [2.05, 4.69) is 5.32 Å². The Bertz CT molecular complexity index is 566. The summed E-state index contributed by atoms with van der Waals surface area (Å²) < 4.78 is 5.63. The number of anilines is 1. The minimum Gasteiger partial charge on any atom is -0.378 e. The number of carbonyl (C=O) groups is 1. The van der Waals surface area contributed by atoms with Gasteiger partial charge in [0.1, 0.15) is 5.54 Å². The molecule has 0 heterocycles. The second-order valence-corrected chi connectivity index (χ2v) is 6.74. The van der Waals surface area contributed by atoms with Gasteiger partial charge in [0.2, 0.25) is 5.91 Å². The van der Waals surface area contributed by atoms with Gasteiger partial charge in [0, 0.05) is 24.1 Å². The molecule has 2 unspecified atom stereocenters. The normalized spacial score (nSPS) is 25.8. The average Bonchev–Trinajstić information content (AvgIpc) is 2.42. The Balaban J connectivity index is 0.00000242. The van der Waals surface area contributed by atoms with Crippen LogP contribution < -0.4 is 11.1 Å². The molecule has 0 spiro atoms. The number of hydrogen-bond acceptors (Lipinski definition) is 3. The second kappa shape index (κ2) is 6.93. The third-order valence-electron chi connectivity index (χ3n) is 4.41. The Kier molecular flexibility index (Phi) is 6.15. The Morgan fingerprint density at radius 3 is 2.55 bits per heavy atom. The molecule has 4 nitrogen and oxygen atoms in total. The van der Waals surface area contributed by atoms with Crippen molar-refractivity contribution in [2.24, 2.45) is 11.1 Å². The van der Waals surface area contributed by atoms with Crippen molar-refractivity contribution >= 4 is 47.2 Å². The first-order valence-corrected chi connectivity index (χ1v) is 7.65. The van der Waals surface area contributed by atoms with Crippen molar-refractivity contribution < 1.29 is 9.53 Å². The standard InChI is InChI=1S/C15H20Cl2N2O2.ClH/c1-4-21-12-8-15(18,14(12,2)3)13(20)19-9-5-6-10(16)11(17)7-9;/h5-7,12H,4,8,18H2,1-3H3,(H,19,20);1H. The predicted molar refractivity (Wildman–Crippen MR) is 93.1 cm³/mol. The van der Waals surface area contributed by atoms with Gasteiger partial charge in [-0.25, -0.2) is 0 Å². The molecule has 1 amide bonds. The Morgan fingerprint density at radius 1 is 1.41 bits per heavy atom. The fraction of sp³-hybridized carbons (Fsp3) is 0.533. The molecule has 0 bridgehead atoms. The minimum atomic E-state index is -0.959. The smallest absolute Gasteiger partial charge is 0.245 e. The van der Waals surface area contributed by atoms with Crippen LogP contribution in [0, 0.1) is 5.41 Å². The predicted octanol–water partition coefficient (Wildman–Crippen LogP) is 3.89. The highest BCUT2D eigenvalue weighted by atomic mass is 35.5. The number of nitrogens with two attached hydrogens (primary N) is 1. The van der Waals surface area contributed by atoms with Gasteiger partial charge in [-0.3, -0.25) is 4.79 Å². The molecule has 1 saturated carbocycles. The molecule has 124 valence electrons. The van der Waals surface area contributed by atoms with Gasteiger partial charge >= 0.3 is 0 Å². The van der Waals surface area contributed by atoms with Crippen LogP contribution in [0.15, 0.2) is 18.2 Å². The van der Waals surface area contributed by atoms with Gasteiger partial charge in [-0.2, -0.15) is 0 Å². The van der Waals surface area contributed by atoms with E-state index in [1.54, 1.807) is 18.2 Å². The molecule has 0 radical (unpaired) electrons. The van der Waals surface area contributed by atoms with Crippen LogP contribution in [0.1, 0.15) is 27.2 Å². The Hall–Kier alpha value is -0.520. The lowest BCUT2D eigenvalue weighted by molar-refractivity contribution is -0.166. The highest BCUT2D eigenvalue weighted by molar-refractivity contribution is 6.42. The zero-order valence-corrected chi connectivity index (χ0v) is 15.1. The van der Waals surface area contributed by atoms with Gasteiger partial charge in [0.05, 0.1) is 16.1 Å². The van der Waals surface area contributed by atoms with Gasteiger partial charge in [0.15, 0.2) is 0 Å². The monoisotopic (exact) mass is 366 g/mol. The van der Waals surface area contributed by atoms with Crippen molar-refractivity contribution in [2.75, 3.05) is 11.9 Å². The quantitative estimate of drug-likeness (QED) is 0.848. The van der Waals surface area contributed by atoms with E-state index in [0.717, 1.165) is 0 Å². The third-order valence-corrected chi connectivity index (χ3v) is 5.15. The molecule has 22 heavy (non-hydrogen) atoms. The summed E-state index contributed by atoms with van der Waals surface area (Å²) >= 11 is 11.8. The summed E-state index contributed by atoms with van der Waals surface area (Å²) in [6.07, 6.45) is 0.494. The van der Waals surface area contributed by atoms with E-state index in [9.17, 15) is 4.79 Å². The molecule has 2 atom stereocenters. The molecule has 1 aromatic rings. The van der Waals surface area contributed by atoms with E-state index in [1.807, 2.05) is 20.8 Å². The van der Waals surface area contributed by atoms with Gasteiger partial charge < -0.3 is 15.8 Å². The number of nitrogens with one attached hydrogen (secondary N) is 1. The van der Waals surface area contributed by atoms with Crippen molar-refractivity contribution in [1.29, 1.82) is 0 Å². The van der Waals surface area contributed by atoms with Gasteiger partial charge in [0.25, 0.3) is 0 Å². The van der Waals surface area contributed by atoms with E-state index >= 15 is 0 Å². The number of halogens is 3. The van der Waals surface area contributed by atoms with Crippen LogP contribution in [0.5, 0.6) is 0 Å².